The van der Waals surface area contributed by atoms with Crippen LogP contribution in [0.15, 0.2) is 57.7 Å². The molecule has 4 heteroatoms. The van der Waals surface area contributed by atoms with Gasteiger partial charge in [-0.3, -0.25) is 4.79 Å². The highest BCUT2D eigenvalue weighted by molar-refractivity contribution is 5.94. The quantitative estimate of drug-likeness (QED) is 0.597. The molecule has 4 nitrogen and oxygen atoms in total. The Morgan fingerprint density at radius 1 is 1.07 bits per heavy atom. The Kier molecular flexibility index (Phi) is 5.17. The van der Waals surface area contributed by atoms with Gasteiger partial charge < -0.3 is 9.15 Å². The highest BCUT2D eigenvalue weighted by Gasteiger charge is 2.22. The van der Waals surface area contributed by atoms with E-state index in [-0.39, 0.29) is 12.4 Å². The molecule has 0 N–H and O–H groups in total. The smallest absolute Gasteiger partial charge is 0.336 e. The van der Waals surface area contributed by atoms with Crippen molar-refractivity contribution in [3.8, 4) is 16.9 Å². The Bertz CT molecular complexity index is 1020. The Labute approximate surface area is 158 Å². The van der Waals surface area contributed by atoms with Crippen molar-refractivity contribution in [3.63, 3.8) is 0 Å². The normalized spacial score (nSPS) is 11.6. The minimum atomic E-state index is -0.462. The summed E-state index contributed by atoms with van der Waals surface area (Å²) in [5.74, 6) is 0.597. The number of rotatable bonds is 5. The van der Waals surface area contributed by atoms with Crippen molar-refractivity contribution in [2.45, 2.75) is 34.1 Å². The van der Waals surface area contributed by atoms with Crippen molar-refractivity contribution in [2.24, 2.45) is 5.41 Å². The van der Waals surface area contributed by atoms with Crippen LogP contribution in [0.2, 0.25) is 0 Å². The number of carbonyl (C=O) groups is 1. The van der Waals surface area contributed by atoms with E-state index in [0.29, 0.717) is 11.3 Å². The molecule has 0 saturated heterocycles. The molecule has 2 aromatic carbocycles. The second kappa shape index (κ2) is 7.39. The van der Waals surface area contributed by atoms with E-state index in [4.69, 9.17) is 9.15 Å². The Balaban J connectivity index is 2.08. The summed E-state index contributed by atoms with van der Waals surface area (Å²) in [7, 11) is 0. The lowest BCUT2D eigenvalue weighted by Crippen LogP contribution is -2.26. The van der Waals surface area contributed by atoms with Gasteiger partial charge in [-0.15, -0.1) is 0 Å². The summed E-state index contributed by atoms with van der Waals surface area (Å²) in [6.07, 6.45) is 0.738. The molecule has 3 rings (SSSR count). The second-order valence-corrected chi connectivity index (χ2v) is 7.62. The average molecular weight is 364 g/mol. The Hall–Kier alpha value is -2.88. The molecule has 1 heterocycles. The third kappa shape index (κ3) is 4.11. The van der Waals surface area contributed by atoms with E-state index >= 15 is 0 Å². The maximum atomic E-state index is 12.2. The van der Waals surface area contributed by atoms with Crippen molar-refractivity contribution in [1.82, 2.24) is 0 Å². The topological polar surface area (TPSA) is 56.5 Å². The van der Waals surface area contributed by atoms with Gasteiger partial charge in [-0.05, 0) is 29.2 Å². The minimum Gasteiger partial charge on any atom is -0.485 e. The van der Waals surface area contributed by atoms with Crippen molar-refractivity contribution in [1.29, 1.82) is 0 Å². The number of hydrogen-bond acceptors (Lipinski definition) is 4. The Morgan fingerprint density at radius 3 is 2.41 bits per heavy atom. The molecule has 0 aliphatic heterocycles. The largest absolute Gasteiger partial charge is 0.485 e. The maximum absolute atomic E-state index is 12.2. The lowest BCUT2D eigenvalue weighted by Gasteiger charge is -2.18. The van der Waals surface area contributed by atoms with E-state index in [1.54, 1.807) is 6.07 Å². The zero-order valence-corrected chi connectivity index (χ0v) is 16.2. The van der Waals surface area contributed by atoms with Gasteiger partial charge in [0.2, 0.25) is 0 Å². The summed E-state index contributed by atoms with van der Waals surface area (Å²) >= 11 is 0. The zero-order chi connectivity index (χ0) is 19.6. The molecule has 0 amide bonds. The summed E-state index contributed by atoms with van der Waals surface area (Å²) in [6.45, 7) is 7.62. The molecule has 1 aromatic heterocycles. The number of aryl methyl sites for hydroxylation is 1. The molecule has 0 bridgehead atoms. The number of fused-ring (bicyclic) bond motifs is 1. The molecule has 3 aromatic rings. The lowest BCUT2D eigenvalue weighted by atomic mass is 9.91. The molecule has 27 heavy (non-hydrogen) atoms. The summed E-state index contributed by atoms with van der Waals surface area (Å²) < 4.78 is 11.2. The summed E-state index contributed by atoms with van der Waals surface area (Å²) in [5, 5.41) is 0.854. The van der Waals surface area contributed by atoms with Gasteiger partial charge in [-0.2, -0.15) is 0 Å². The van der Waals surface area contributed by atoms with Crippen molar-refractivity contribution >= 4 is 16.8 Å². The van der Waals surface area contributed by atoms with E-state index < -0.39 is 11.0 Å². The van der Waals surface area contributed by atoms with Crippen LogP contribution in [0.5, 0.6) is 5.75 Å². The number of carbonyl (C=O) groups excluding carboxylic acids is 1. The highest BCUT2D eigenvalue weighted by Crippen LogP contribution is 2.33. The summed E-state index contributed by atoms with van der Waals surface area (Å²) in [6, 6.07) is 15.0. The molecule has 0 aliphatic carbocycles. The van der Waals surface area contributed by atoms with Gasteiger partial charge in [0.05, 0.1) is 0 Å². The Morgan fingerprint density at radius 2 is 1.78 bits per heavy atom. The fraction of sp³-hybridized carbons (Fsp3) is 0.304. The van der Waals surface area contributed by atoms with E-state index in [2.05, 4.69) is 0 Å². The first-order chi connectivity index (χ1) is 12.8. The lowest BCUT2D eigenvalue weighted by molar-refractivity contribution is -0.128. The van der Waals surface area contributed by atoms with E-state index in [9.17, 15) is 9.59 Å². The number of ether oxygens (including phenoxy) is 1. The summed E-state index contributed by atoms with van der Waals surface area (Å²) in [4.78, 5) is 24.3. The number of ketones is 1. The second-order valence-electron chi connectivity index (χ2n) is 7.62. The van der Waals surface area contributed by atoms with E-state index in [1.807, 2.05) is 64.1 Å². The third-order valence-corrected chi connectivity index (χ3v) is 4.59. The highest BCUT2D eigenvalue weighted by atomic mass is 16.5. The zero-order valence-electron chi connectivity index (χ0n) is 16.2. The average Bonchev–Trinajstić information content (AvgIpc) is 2.64. The van der Waals surface area contributed by atoms with Gasteiger partial charge in [0.25, 0.3) is 0 Å². The van der Waals surface area contributed by atoms with Crippen LogP contribution in [-0.4, -0.2) is 12.4 Å². The maximum Gasteiger partial charge on any atom is 0.336 e. The molecule has 0 atom stereocenters. The molecular weight excluding hydrogens is 340 g/mol. The van der Waals surface area contributed by atoms with Gasteiger partial charge >= 0.3 is 5.63 Å². The SMILES string of the molecule is CCc1cc2c(-c3ccccc3)cc(=O)oc2cc1OCC(=O)C(C)(C)C. The van der Waals surface area contributed by atoms with Crippen LogP contribution < -0.4 is 10.4 Å². The van der Waals surface area contributed by atoms with Gasteiger partial charge in [0.15, 0.2) is 5.78 Å². The van der Waals surface area contributed by atoms with Crippen LogP contribution in [-0.2, 0) is 11.2 Å². The van der Waals surface area contributed by atoms with Gasteiger partial charge in [-0.25, -0.2) is 4.79 Å². The van der Waals surface area contributed by atoms with E-state index in [0.717, 1.165) is 28.5 Å². The number of Topliss-reactive ketones (excluding diaryl/α,β-unsaturated/α-hetero) is 1. The van der Waals surface area contributed by atoms with Crippen LogP contribution in [0.4, 0.5) is 0 Å². The van der Waals surface area contributed by atoms with Gasteiger partial charge in [-0.1, -0.05) is 58.0 Å². The van der Waals surface area contributed by atoms with Crippen LogP contribution in [0.25, 0.3) is 22.1 Å². The molecule has 140 valence electrons. The fourth-order valence-electron chi connectivity index (χ4n) is 2.86. The predicted octanol–water partition coefficient (Wildman–Crippen LogP) is 5.02. The summed E-state index contributed by atoms with van der Waals surface area (Å²) in [5.41, 5.74) is 2.33. The number of hydrogen-bond donors (Lipinski definition) is 0. The molecule has 0 fully saturated rings. The molecule has 0 saturated carbocycles. The van der Waals surface area contributed by atoms with Gasteiger partial charge in [0, 0.05) is 22.9 Å². The first-order valence-corrected chi connectivity index (χ1v) is 9.12. The van der Waals surface area contributed by atoms with Crippen molar-refractivity contribution < 1.29 is 13.9 Å². The predicted molar refractivity (Wildman–Crippen MR) is 107 cm³/mol. The number of benzene rings is 2. The molecule has 0 spiro atoms. The molecule has 0 unspecified atom stereocenters. The van der Waals surface area contributed by atoms with Crippen LogP contribution in [0.1, 0.15) is 33.3 Å². The monoisotopic (exact) mass is 364 g/mol. The molecular formula is C23H24O4. The van der Waals surface area contributed by atoms with Crippen LogP contribution >= 0.6 is 0 Å². The minimum absolute atomic E-state index is 0.00931. The van der Waals surface area contributed by atoms with Crippen LogP contribution in [0, 0.1) is 5.41 Å². The van der Waals surface area contributed by atoms with Crippen molar-refractivity contribution in [3.05, 3.63) is 64.5 Å². The van der Waals surface area contributed by atoms with E-state index in [1.165, 1.54) is 6.07 Å². The fourth-order valence-corrected chi connectivity index (χ4v) is 2.86. The van der Waals surface area contributed by atoms with Crippen molar-refractivity contribution in [2.75, 3.05) is 6.61 Å². The first-order valence-electron chi connectivity index (χ1n) is 9.12. The third-order valence-electron chi connectivity index (χ3n) is 4.59. The van der Waals surface area contributed by atoms with Gasteiger partial charge in [0.1, 0.15) is 17.9 Å². The molecule has 0 aliphatic rings. The molecule has 0 radical (unpaired) electrons. The van der Waals surface area contributed by atoms with Crippen LogP contribution in [0.3, 0.4) is 0 Å². The standard InChI is InChI=1S/C23H24O4/c1-5-15-11-18-17(16-9-7-6-8-10-16)12-22(25)27-20(18)13-19(15)26-14-21(24)23(2,3)4/h6-13H,5,14H2,1-4H3. The first kappa shape index (κ1) is 18.9.